The first-order valence-electron chi connectivity index (χ1n) is 6.41. The van der Waals surface area contributed by atoms with Crippen LogP contribution in [0.3, 0.4) is 0 Å². The zero-order chi connectivity index (χ0) is 15.5. The highest BCUT2D eigenvalue weighted by atomic mass is 32.2. The van der Waals surface area contributed by atoms with Gasteiger partial charge in [0.25, 0.3) is 10.0 Å². The number of methoxy groups -OCH3 is 1. The Morgan fingerprint density at radius 2 is 1.71 bits per heavy atom. The number of para-hydroxylation sites is 1. The zero-order valence-corrected chi connectivity index (χ0v) is 12.8. The standard InChI is InChI=1S/C15H18N2O3S/c1-17(15-6-4-3-5-12(15)11-16)21(18,19)14-9-7-13(20-2)8-10-14/h3-10H,11,16H2,1-2H3. The van der Waals surface area contributed by atoms with Crippen molar-refractivity contribution in [2.24, 2.45) is 5.73 Å². The minimum atomic E-state index is -3.63. The molecule has 2 aromatic rings. The number of sulfonamides is 1. The third kappa shape index (κ3) is 3.01. The van der Waals surface area contributed by atoms with Crippen LogP contribution in [0.2, 0.25) is 0 Å². The van der Waals surface area contributed by atoms with Crippen LogP contribution < -0.4 is 14.8 Å². The van der Waals surface area contributed by atoms with E-state index in [1.807, 2.05) is 12.1 Å². The number of rotatable bonds is 5. The Morgan fingerprint density at radius 3 is 2.29 bits per heavy atom. The predicted molar refractivity (Wildman–Crippen MR) is 82.9 cm³/mol. The molecule has 0 atom stereocenters. The second-order valence-corrected chi connectivity index (χ2v) is 6.45. The first-order chi connectivity index (χ1) is 10.0. The molecule has 0 aliphatic heterocycles. The number of hydrogen-bond donors (Lipinski definition) is 1. The van der Waals surface area contributed by atoms with Crippen LogP contribution >= 0.6 is 0 Å². The van der Waals surface area contributed by atoms with E-state index in [4.69, 9.17) is 10.5 Å². The van der Waals surface area contributed by atoms with Crippen LogP contribution in [-0.2, 0) is 16.6 Å². The normalized spacial score (nSPS) is 11.2. The van der Waals surface area contributed by atoms with Gasteiger partial charge in [-0.3, -0.25) is 4.31 Å². The van der Waals surface area contributed by atoms with Gasteiger partial charge in [0.15, 0.2) is 0 Å². The average molecular weight is 306 g/mol. The van der Waals surface area contributed by atoms with Gasteiger partial charge in [0.05, 0.1) is 17.7 Å². The number of nitrogens with two attached hydrogens (primary N) is 1. The van der Waals surface area contributed by atoms with E-state index >= 15 is 0 Å². The first-order valence-corrected chi connectivity index (χ1v) is 7.85. The Morgan fingerprint density at radius 1 is 1.10 bits per heavy atom. The third-order valence-electron chi connectivity index (χ3n) is 3.27. The van der Waals surface area contributed by atoms with Gasteiger partial charge in [-0.25, -0.2) is 8.42 Å². The maximum atomic E-state index is 12.6. The molecule has 21 heavy (non-hydrogen) atoms. The van der Waals surface area contributed by atoms with Gasteiger partial charge in [-0.2, -0.15) is 0 Å². The van der Waals surface area contributed by atoms with Crippen LogP contribution in [0.5, 0.6) is 5.75 Å². The van der Waals surface area contributed by atoms with Crippen molar-refractivity contribution in [1.82, 2.24) is 0 Å². The molecule has 0 saturated heterocycles. The molecular weight excluding hydrogens is 288 g/mol. The summed E-state index contributed by atoms with van der Waals surface area (Å²) >= 11 is 0. The highest BCUT2D eigenvalue weighted by Gasteiger charge is 2.22. The summed E-state index contributed by atoms with van der Waals surface area (Å²) in [5, 5.41) is 0. The highest BCUT2D eigenvalue weighted by molar-refractivity contribution is 7.92. The summed E-state index contributed by atoms with van der Waals surface area (Å²) in [6, 6.07) is 13.5. The second-order valence-electron chi connectivity index (χ2n) is 4.48. The van der Waals surface area contributed by atoms with E-state index in [1.165, 1.54) is 30.6 Å². The molecule has 0 heterocycles. The molecule has 2 rings (SSSR count). The largest absolute Gasteiger partial charge is 0.497 e. The molecule has 0 aliphatic rings. The Labute approximate surface area is 125 Å². The van der Waals surface area contributed by atoms with Crippen molar-refractivity contribution in [3.8, 4) is 5.75 Å². The Kier molecular flexibility index (Phi) is 4.50. The van der Waals surface area contributed by atoms with E-state index in [9.17, 15) is 8.42 Å². The summed E-state index contributed by atoms with van der Waals surface area (Å²) in [4.78, 5) is 0.206. The Bertz CT molecular complexity index is 712. The van der Waals surface area contributed by atoms with E-state index in [1.54, 1.807) is 24.3 Å². The van der Waals surface area contributed by atoms with Crippen molar-refractivity contribution in [2.45, 2.75) is 11.4 Å². The van der Waals surface area contributed by atoms with Crippen molar-refractivity contribution in [1.29, 1.82) is 0 Å². The van der Waals surface area contributed by atoms with Crippen LogP contribution in [0.15, 0.2) is 53.4 Å². The van der Waals surface area contributed by atoms with Crippen LogP contribution in [0.25, 0.3) is 0 Å². The Hall–Kier alpha value is -2.05. The molecule has 5 nitrogen and oxygen atoms in total. The zero-order valence-electron chi connectivity index (χ0n) is 12.0. The maximum Gasteiger partial charge on any atom is 0.264 e. The van der Waals surface area contributed by atoms with Gasteiger partial charge in [0.2, 0.25) is 0 Å². The van der Waals surface area contributed by atoms with Crippen LogP contribution in [0.4, 0.5) is 5.69 Å². The fourth-order valence-electron chi connectivity index (χ4n) is 2.03. The monoisotopic (exact) mass is 306 g/mol. The third-order valence-corrected chi connectivity index (χ3v) is 5.05. The van der Waals surface area contributed by atoms with Crippen LogP contribution in [-0.4, -0.2) is 22.6 Å². The first kappa shape index (κ1) is 15.3. The molecule has 0 aromatic heterocycles. The molecule has 112 valence electrons. The molecule has 0 saturated carbocycles. The van der Waals surface area contributed by atoms with Crippen molar-refractivity contribution >= 4 is 15.7 Å². The van der Waals surface area contributed by atoms with Gasteiger partial charge in [-0.15, -0.1) is 0 Å². The SMILES string of the molecule is COc1ccc(S(=O)(=O)N(C)c2ccccc2CN)cc1. The van der Waals surface area contributed by atoms with Crippen molar-refractivity contribution in [2.75, 3.05) is 18.5 Å². The number of hydrogen-bond acceptors (Lipinski definition) is 4. The summed E-state index contributed by atoms with van der Waals surface area (Å²) in [5.74, 6) is 0.610. The fraction of sp³-hybridized carbons (Fsp3) is 0.200. The number of nitrogens with zero attached hydrogens (tertiary/aromatic N) is 1. The van der Waals surface area contributed by atoms with Crippen molar-refractivity contribution in [3.05, 3.63) is 54.1 Å². The van der Waals surface area contributed by atoms with Crippen molar-refractivity contribution < 1.29 is 13.2 Å². The molecule has 0 radical (unpaired) electrons. The van der Waals surface area contributed by atoms with Gasteiger partial charge in [0, 0.05) is 13.6 Å². The average Bonchev–Trinajstić information content (AvgIpc) is 2.54. The molecule has 6 heteroatoms. The lowest BCUT2D eigenvalue weighted by Crippen LogP contribution is -2.27. The van der Waals surface area contributed by atoms with Gasteiger partial charge in [0.1, 0.15) is 5.75 Å². The quantitative estimate of drug-likeness (QED) is 0.917. The van der Waals surface area contributed by atoms with Crippen LogP contribution in [0.1, 0.15) is 5.56 Å². The molecular formula is C15H18N2O3S. The van der Waals surface area contributed by atoms with E-state index in [-0.39, 0.29) is 11.4 Å². The number of ether oxygens (including phenoxy) is 1. The molecule has 0 fully saturated rings. The predicted octanol–water partition coefficient (Wildman–Crippen LogP) is 1.98. The molecule has 0 amide bonds. The van der Waals surface area contributed by atoms with Gasteiger partial charge in [-0.05, 0) is 35.9 Å². The molecule has 0 unspecified atom stereocenters. The Balaban J connectivity index is 2.42. The summed E-state index contributed by atoms with van der Waals surface area (Å²) in [5.41, 5.74) is 7.02. The van der Waals surface area contributed by atoms with E-state index in [2.05, 4.69) is 0 Å². The fourth-order valence-corrected chi connectivity index (χ4v) is 3.26. The molecule has 2 N–H and O–H groups in total. The summed E-state index contributed by atoms with van der Waals surface area (Å²) in [6.07, 6.45) is 0. The molecule has 2 aromatic carbocycles. The number of anilines is 1. The van der Waals surface area contributed by atoms with Gasteiger partial charge >= 0.3 is 0 Å². The summed E-state index contributed by atoms with van der Waals surface area (Å²) < 4.78 is 31.6. The summed E-state index contributed by atoms with van der Waals surface area (Å²) in [7, 11) is -0.571. The van der Waals surface area contributed by atoms with Crippen molar-refractivity contribution in [3.63, 3.8) is 0 Å². The minimum absolute atomic E-state index is 0.206. The van der Waals surface area contributed by atoms with Crippen LogP contribution in [0, 0.1) is 0 Å². The lowest BCUT2D eigenvalue weighted by atomic mass is 10.2. The minimum Gasteiger partial charge on any atom is -0.497 e. The second kappa shape index (κ2) is 6.15. The van der Waals surface area contributed by atoms with E-state index in [0.717, 1.165) is 5.56 Å². The lowest BCUT2D eigenvalue weighted by molar-refractivity contribution is 0.414. The molecule has 0 spiro atoms. The van der Waals surface area contributed by atoms with E-state index < -0.39 is 10.0 Å². The highest BCUT2D eigenvalue weighted by Crippen LogP contribution is 2.26. The lowest BCUT2D eigenvalue weighted by Gasteiger charge is -2.22. The van der Waals surface area contributed by atoms with E-state index in [0.29, 0.717) is 11.4 Å². The van der Waals surface area contributed by atoms with Gasteiger partial charge in [-0.1, -0.05) is 18.2 Å². The summed E-state index contributed by atoms with van der Waals surface area (Å²) in [6.45, 7) is 0.276. The maximum absolute atomic E-state index is 12.6. The van der Waals surface area contributed by atoms with Gasteiger partial charge < -0.3 is 10.5 Å². The molecule has 0 aliphatic carbocycles. The topological polar surface area (TPSA) is 72.6 Å². The smallest absolute Gasteiger partial charge is 0.264 e. The molecule has 0 bridgehead atoms. The number of benzene rings is 2.